The summed E-state index contributed by atoms with van der Waals surface area (Å²) in [6, 6.07) is 15.6. The molecule has 15 nitrogen and oxygen atoms in total. The molecule has 4 aromatic rings. The van der Waals surface area contributed by atoms with Crippen molar-refractivity contribution < 1.29 is 27.2 Å². The second-order valence-electron chi connectivity index (χ2n) is 11.3. The zero-order valence-corrected chi connectivity index (χ0v) is 28.9. The summed E-state index contributed by atoms with van der Waals surface area (Å²) in [5.74, 6) is -0.267. The van der Waals surface area contributed by atoms with Crippen molar-refractivity contribution in [3.63, 3.8) is 0 Å². The average molecular weight is 693 g/mol. The molecule has 49 heavy (non-hydrogen) atoms. The van der Waals surface area contributed by atoms with Gasteiger partial charge in [0.05, 0.1) is 24.2 Å². The monoisotopic (exact) mass is 692 g/mol. The van der Waals surface area contributed by atoms with Crippen LogP contribution in [0, 0.1) is 27.7 Å². The first-order valence-corrected chi connectivity index (χ1v) is 16.8. The molecule has 3 aromatic carbocycles. The topological polar surface area (TPSA) is 209 Å². The molecule has 16 heteroatoms. The summed E-state index contributed by atoms with van der Waals surface area (Å²) in [5, 5.41) is 13.1. The number of para-hydroxylation sites is 2. The molecular weight excluding hydrogens is 652 g/mol. The number of hydrazone groups is 1. The molecule has 1 aromatic heterocycles. The Kier molecular flexibility index (Phi) is 11.9. The van der Waals surface area contributed by atoms with Gasteiger partial charge in [0.15, 0.2) is 6.73 Å². The minimum atomic E-state index is -4.18. The van der Waals surface area contributed by atoms with E-state index in [4.69, 9.17) is 14.0 Å². The minimum Gasteiger partial charge on any atom is -0.495 e. The van der Waals surface area contributed by atoms with Gasteiger partial charge in [-0.2, -0.15) is 18.4 Å². The van der Waals surface area contributed by atoms with Gasteiger partial charge in [0.2, 0.25) is 17.7 Å². The maximum Gasteiger partial charge on any atom is 0.351 e. The third kappa shape index (κ3) is 10.5. The number of aryl methyl sites for hydroxylation is 4. The molecule has 0 saturated carbocycles. The van der Waals surface area contributed by atoms with Crippen molar-refractivity contribution in [1.82, 2.24) is 15.0 Å². The Hall–Kier alpha value is -5.48. The highest BCUT2D eigenvalue weighted by atomic mass is 32.2. The van der Waals surface area contributed by atoms with Crippen LogP contribution in [0.3, 0.4) is 0 Å². The second kappa shape index (κ2) is 16.1. The highest BCUT2D eigenvalue weighted by molar-refractivity contribution is 7.85. The number of nitrogens with zero attached hydrogens (tertiary/aromatic N) is 3. The van der Waals surface area contributed by atoms with Crippen LogP contribution in [0.15, 0.2) is 58.4 Å². The molecule has 0 amide bonds. The normalized spacial score (nSPS) is 11.5. The predicted molar refractivity (Wildman–Crippen MR) is 190 cm³/mol. The van der Waals surface area contributed by atoms with Crippen LogP contribution in [0.4, 0.5) is 29.0 Å². The molecular formula is C33H40N8O7S. The van der Waals surface area contributed by atoms with Gasteiger partial charge < -0.3 is 25.4 Å². The number of carbonyl (C=O) groups is 1. The molecule has 0 saturated heterocycles. The number of ether oxygens (including phenoxy) is 2. The molecule has 0 atom stereocenters. The third-order valence-electron chi connectivity index (χ3n) is 7.28. The van der Waals surface area contributed by atoms with E-state index in [9.17, 15) is 18.0 Å². The first-order valence-electron chi connectivity index (χ1n) is 15.2. The number of hydrogen-bond acceptors (Lipinski definition) is 13. The van der Waals surface area contributed by atoms with Gasteiger partial charge >= 0.3 is 5.69 Å². The Morgan fingerprint density at radius 1 is 0.939 bits per heavy atom. The first-order chi connectivity index (χ1) is 23.2. The van der Waals surface area contributed by atoms with Gasteiger partial charge in [-0.15, -0.1) is 5.10 Å². The second-order valence-corrected chi connectivity index (χ2v) is 12.9. The Balaban J connectivity index is 1.43. The quantitative estimate of drug-likeness (QED) is 0.0335. The van der Waals surface area contributed by atoms with Crippen LogP contribution >= 0.6 is 0 Å². The van der Waals surface area contributed by atoms with Crippen molar-refractivity contribution in [3.05, 3.63) is 92.4 Å². The number of anilines is 5. The highest BCUT2D eigenvalue weighted by Gasteiger charge is 2.13. The van der Waals surface area contributed by atoms with E-state index in [1.807, 2.05) is 64.1 Å². The molecule has 0 bridgehead atoms. The van der Waals surface area contributed by atoms with Crippen LogP contribution in [0.5, 0.6) is 5.75 Å². The molecule has 0 spiro atoms. The number of aromatic nitrogens is 3. The lowest BCUT2D eigenvalue weighted by Crippen LogP contribution is -2.21. The van der Waals surface area contributed by atoms with Crippen LogP contribution in [0.25, 0.3) is 0 Å². The Morgan fingerprint density at radius 3 is 2.14 bits per heavy atom. The number of rotatable bonds is 15. The van der Waals surface area contributed by atoms with E-state index in [0.29, 0.717) is 12.2 Å². The van der Waals surface area contributed by atoms with Crippen LogP contribution in [-0.2, 0) is 26.1 Å². The largest absolute Gasteiger partial charge is 0.495 e. The third-order valence-corrected chi connectivity index (χ3v) is 8.00. The standard InChI is InChI=1S/C33H40N8O7S/c1-19-13-24(14-20(2)28(19)36-32-37-31(38-33(43)39-32)34-11-12-49(44,45)46)17-25-15-21(3)29(22(4)16-25)40-41-30(23(5)42)48-18-35-26-9-7-8-10-27(26)47-6/h7-10,13-16,35,40H,11-12,17-18H2,1-6H3,(H,44,45,46)(H3,34,36,37,38,39,43). The maximum atomic E-state index is 12.2. The molecule has 0 aliphatic carbocycles. The fraction of sp³-hybridized carbons (Fsp3) is 0.303. The van der Waals surface area contributed by atoms with E-state index < -0.39 is 21.6 Å². The van der Waals surface area contributed by atoms with E-state index in [1.54, 1.807) is 7.11 Å². The zero-order chi connectivity index (χ0) is 35.7. The first kappa shape index (κ1) is 36.4. The fourth-order valence-electron chi connectivity index (χ4n) is 5.14. The summed E-state index contributed by atoms with van der Waals surface area (Å²) < 4.78 is 41.8. The van der Waals surface area contributed by atoms with Crippen LogP contribution < -0.4 is 31.8 Å². The van der Waals surface area contributed by atoms with Crippen molar-refractivity contribution >= 4 is 50.8 Å². The van der Waals surface area contributed by atoms with Gasteiger partial charge in [-0.25, -0.2) is 4.79 Å². The molecule has 0 aliphatic heterocycles. The molecule has 1 heterocycles. The van der Waals surface area contributed by atoms with Crippen molar-refractivity contribution in [2.75, 3.05) is 47.5 Å². The number of carbonyl (C=O) groups excluding carboxylic acids is 1. The summed E-state index contributed by atoms with van der Waals surface area (Å²) in [7, 11) is -2.60. The number of nitrogens with one attached hydrogen (secondary N) is 5. The number of aromatic amines is 1. The van der Waals surface area contributed by atoms with E-state index >= 15 is 0 Å². The molecule has 4 rings (SSSR count). The van der Waals surface area contributed by atoms with Gasteiger partial charge in [0, 0.05) is 19.2 Å². The van der Waals surface area contributed by atoms with E-state index in [2.05, 4.69) is 53.6 Å². The maximum absolute atomic E-state index is 12.2. The lowest BCUT2D eigenvalue weighted by atomic mass is 9.96. The van der Waals surface area contributed by atoms with E-state index in [0.717, 1.165) is 50.4 Å². The summed E-state index contributed by atoms with van der Waals surface area (Å²) in [6.07, 6.45) is 0.649. The lowest BCUT2D eigenvalue weighted by Gasteiger charge is -2.16. The number of H-pyrrole nitrogens is 1. The zero-order valence-electron chi connectivity index (χ0n) is 28.1. The van der Waals surface area contributed by atoms with E-state index in [1.165, 1.54) is 6.92 Å². The number of benzene rings is 3. The lowest BCUT2D eigenvalue weighted by molar-refractivity contribution is -0.112. The summed E-state index contributed by atoms with van der Waals surface area (Å²) in [6.45, 7) is 9.02. The summed E-state index contributed by atoms with van der Waals surface area (Å²) >= 11 is 0. The fourth-order valence-corrected chi connectivity index (χ4v) is 5.50. The molecule has 0 radical (unpaired) electrons. The molecule has 0 unspecified atom stereocenters. The van der Waals surface area contributed by atoms with Crippen LogP contribution in [-0.4, -0.2) is 65.7 Å². The Morgan fingerprint density at radius 2 is 1.55 bits per heavy atom. The Bertz CT molecular complexity index is 1980. The number of methoxy groups -OCH3 is 1. The van der Waals surface area contributed by atoms with Crippen LogP contribution in [0.1, 0.15) is 40.3 Å². The predicted octanol–water partition coefficient (Wildman–Crippen LogP) is 4.44. The minimum absolute atomic E-state index is 0.0133. The SMILES string of the molecule is COc1ccccc1NCOC(=NNc1c(C)cc(Cc2cc(C)c(Nc3nc(NCCS(=O)(=O)O)nc(=O)[nH]3)c(C)c2)cc1C)C(C)=O. The van der Waals surface area contributed by atoms with Gasteiger partial charge in [-0.1, -0.05) is 36.4 Å². The van der Waals surface area contributed by atoms with Crippen molar-refractivity contribution in [1.29, 1.82) is 0 Å². The van der Waals surface area contributed by atoms with Gasteiger partial charge in [0.25, 0.3) is 16.0 Å². The average Bonchev–Trinajstić information content (AvgIpc) is 3.00. The van der Waals surface area contributed by atoms with E-state index in [-0.39, 0.29) is 36.9 Å². The van der Waals surface area contributed by atoms with Crippen molar-refractivity contribution in [2.24, 2.45) is 5.10 Å². The molecule has 0 aliphatic rings. The Labute approximate surface area is 284 Å². The van der Waals surface area contributed by atoms with Gasteiger partial charge in [-0.3, -0.25) is 19.8 Å². The van der Waals surface area contributed by atoms with Crippen molar-refractivity contribution in [3.8, 4) is 5.75 Å². The summed E-state index contributed by atoms with van der Waals surface area (Å²) in [5.41, 5.74) is 10.4. The van der Waals surface area contributed by atoms with Crippen LogP contribution in [0.2, 0.25) is 0 Å². The number of ketones is 1. The highest BCUT2D eigenvalue weighted by Crippen LogP contribution is 2.28. The molecule has 0 fully saturated rings. The van der Waals surface area contributed by atoms with Crippen molar-refractivity contribution in [2.45, 2.75) is 41.0 Å². The number of Topliss-reactive ketones (excluding diaryl/α,β-unsaturated/α-hetero) is 1. The smallest absolute Gasteiger partial charge is 0.351 e. The molecule has 260 valence electrons. The molecule has 6 N–H and O–H groups in total. The van der Waals surface area contributed by atoms with Gasteiger partial charge in [-0.05, 0) is 79.6 Å². The van der Waals surface area contributed by atoms with Gasteiger partial charge in [0.1, 0.15) is 5.75 Å². The number of hydrogen-bond donors (Lipinski definition) is 6. The summed E-state index contributed by atoms with van der Waals surface area (Å²) in [4.78, 5) is 34.7.